The molecule has 2 aromatic heterocycles. The van der Waals surface area contributed by atoms with Crippen molar-refractivity contribution in [2.45, 2.75) is 18.8 Å². The summed E-state index contributed by atoms with van der Waals surface area (Å²) in [5, 5.41) is 11.2. The summed E-state index contributed by atoms with van der Waals surface area (Å²) in [7, 11) is 1.62. The minimum absolute atomic E-state index is 0.0344. The summed E-state index contributed by atoms with van der Waals surface area (Å²) in [4.78, 5) is 18.1. The van der Waals surface area contributed by atoms with Crippen LogP contribution in [-0.2, 0) is 9.53 Å². The zero-order chi connectivity index (χ0) is 17.5. The van der Waals surface area contributed by atoms with Gasteiger partial charge < -0.3 is 14.5 Å². The SMILES string of the molecule is COCCNC(=O)CN1CCC(c2nnc(-c3cccnc3)o2)CC1. The molecule has 1 saturated heterocycles. The van der Waals surface area contributed by atoms with Crippen molar-refractivity contribution in [3.8, 4) is 11.5 Å². The standard InChI is InChI=1S/C17H23N5O3/c1-24-10-7-19-15(23)12-22-8-4-13(5-9-22)16-20-21-17(25-16)14-3-2-6-18-11-14/h2-3,6,11,13H,4-5,7-10,12H2,1H3,(H,19,23). The van der Waals surface area contributed by atoms with Gasteiger partial charge in [-0.05, 0) is 38.1 Å². The number of carbonyl (C=O) groups excluding carboxylic acids is 1. The second-order valence-electron chi connectivity index (χ2n) is 6.08. The van der Waals surface area contributed by atoms with E-state index in [4.69, 9.17) is 9.15 Å². The third-order valence-corrected chi connectivity index (χ3v) is 4.28. The van der Waals surface area contributed by atoms with Crippen LogP contribution in [0.1, 0.15) is 24.7 Å². The normalized spacial score (nSPS) is 16.0. The Hall–Kier alpha value is -2.32. The fourth-order valence-corrected chi connectivity index (χ4v) is 2.90. The Bertz CT molecular complexity index is 668. The molecule has 1 fully saturated rings. The highest BCUT2D eigenvalue weighted by atomic mass is 16.5. The highest BCUT2D eigenvalue weighted by Gasteiger charge is 2.26. The van der Waals surface area contributed by atoms with E-state index in [9.17, 15) is 4.79 Å². The summed E-state index contributed by atoms with van der Waals surface area (Å²) in [5.74, 6) is 1.45. The maximum atomic E-state index is 11.8. The van der Waals surface area contributed by atoms with Crippen LogP contribution in [-0.4, -0.2) is 65.9 Å². The molecular weight excluding hydrogens is 322 g/mol. The number of piperidine rings is 1. The van der Waals surface area contributed by atoms with Crippen LogP contribution >= 0.6 is 0 Å². The second-order valence-corrected chi connectivity index (χ2v) is 6.08. The number of methoxy groups -OCH3 is 1. The molecule has 3 heterocycles. The summed E-state index contributed by atoms with van der Waals surface area (Å²) in [6, 6.07) is 3.74. The monoisotopic (exact) mass is 345 g/mol. The molecular formula is C17H23N5O3. The van der Waals surface area contributed by atoms with Gasteiger partial charge in [-0.1, -0.05) is 0 Å². The van der Waals surface area contributed by atoms with Crippen LogP contribution in [0.25, 0.3) is 11.5 Å². The van der Waals surface area contributed by atoms with Gasteiger partial charge in [-0.25, -0.2) is 0 Å². The summed E-state index contributed by atoms with van der Waals surface area (Å²) >= 11 is 0. The quantitative estimate of drug-likeness (QED) is 0.750. The van der Waals surface area contributed by atoms with Gasteiger partial charge in [0.25, 0.3) is 0 Å². The number of hydrogen-bond acceptors (Lipinski definition) is 7. The van der Waals surface area contributed by atoms with E-state index >= 15 is 0 Å². The average molecular weight is 345 g/mol. The van der Waals surface area contributed by atoms with Crippen molar-refractivity contribution in [1.29, 1.82) is 0 Å². The largest absolute Gasteiger partial charge is 0.420 e. The van der Waals surface area contributed by atoms with Crippen molar-refractivity contribution in [1.82, 2.24) is 25.4 Å². The molecule has 1 aliphatic heterocycles. The summed E-state index contributed by atoms with van der Waals surface area (Å²) in [6.45, 7) is 3.18. The molecule has 0 saturated carbocycles. The number of rotatable bonds is 7. The molecule has 8 heteroatoms. The fraction of sp³-hybridized carbons (Fsp3) is 0.529. The summed E-state index contributed by atoms with van der Waals surface area (Å²) in [6.07, 6.45) is 5.23. The number of pyridine rings is 1. The number of aromatic nitrogens is 3. The molecule has 1 N–H and O–H groups in total. The Morgan fingerprint density at radius 2 is 2.24 bits per heavy atom. The maximum absolute atomic E-state index is 11.8. The lowest BCUT2D eigenvalue weighted by Crippen LogP contribution is -2.41. The van der Waals surface area contributed by atoms with Crippen LogP contribution in [0.4, 0.5) is 0 Å². The van der Waals surface area contributed by atoms with E-state index in [1.165, 1.54) is 0 Å². The number of hydrogen-bond donors (Lipinski definition) is 1. The van der Waals surface area contributed by atoms with Crippen LogP contribution in [0.3, 0.4) is 0 Å². The first-order valence-electron chi connectivity index (χ1n) is 8.48. The first-order valence-corrected chi connectivity index (χ1v) is 8.48. The smallest absolute Gasteiger partial charge is 0.249 e. The van der Waals surface area contributed by atoms with Gasteiger partial charge in [0.2, 0.25) is 17.7 Å². The van der Waals surface area contributed by atoms with Crippen molar-refractivity contribution in [3.05, 3.63) is 30.4 Å². The molecule has 25 heavy (non-hydrogen) atoms. The summed E-state index contributed by atoms with van der Waals surface area (Å²) < 4.78 is 10.7. The van der Waals surface area contributed by atoms with E-state index in [2.05, 4.69) is 25.4 Å². The van der Waals surface area contributed by atoms with Crippen molar-refractivity contribution in [2.75, 3.05) is 39.9 Å². The predicted molar refractivity (Wildman–Crippen MR) is 90.8 cm³/mol. The fourth-order valence-electron chi connectivity index (χ4n) is 2.90. The van der Waals surface area contributed by atoms with Gasteiger partial charge in [0.15, 0.2) is 0 Å². The average Bonchev–Trinajstić information content (AvgIpc) is 3.13. The highest BCUT2D eigenvalue weighted by molar-refractivity contribution is 5.78. The lowest BCUT2D eigenvalue weighted by molar-refractivity contribution is -0.122. The van der Waals surface area contributed by atoms with Gasteiger partial charge in [0.1, 0.15) is 0 Å². The maximum Gasteiger partial charge on any atom is 0.249 e. The van der Waals surface area contributed by atoms with Gasteiger partial charge in [-0.3, -0.25) is 14.7 Å². The predicted octanol–water partition coefficient (Wildman–Crippen LogP) is 1.07. The third kappa shape index (κ3) is 4.83. The lowest BCUT2D eigenvalue weighted by Gasteiger charge is -2.29. The first kappa shape index (κ1) is 17.5. The molecule has 1 aliphatic rings. The van der Waals surface area contributed by atoms with E-state index < -0.39 is 0 Å². The van der Waals surface area contributed by atoms with E-state index in [-0.39, 0.29) is 11.8 Å². The topological polar surface area (TPSA) is 93.4 Å². The van der Waals surface area contributed by atoms with Gasteiger partial charge in [0, 0.05) is 32.0 Å². The number of nitrogens with one attached hydrogen (secondary N) is 1. The number of carbonyl (C=O) groups is 1. The Morgan fingerprint density at radius 3 is 2.96 bits per heavy atom. The Balaban J connectivity index is 1.48. The minimum Gasteiger partial charge on any atom is -0.420 e. The number of ether oxygens (including phenoxy) is 1. The lowest BCUT2D eigenvalue weighted by atomic mass is 9.97. The van der Waals surface area contributed by atoms with E-state index in [1.807, 2.05) is 12.1 Å². The molecule has 134 valence electrons. The molecule has 3 rings (SSSR count). The van der Waals surface area contributed by atoms with Crippen molar-refractivity contribution in [3.63, 3.8) is 0 Å². The number of likely N-dealkylation sites (tertiary alicyclic amines) is 1. The summed E-state index contributed by atoms with van der Waals surface area (Å²) in [5.41, 5.74) is 0.825. The molecule has 2 aromatic rings. The molecule has 0 atom stereocenters. The Morgan fingerprint density at radius 1 is 1.40 bits per heavy atom. The van der Waals surface area contributed by atoms with Crippen LogP contribution in [0, 0.1) is 0 Å². The molecule has 0 unspecified atom stereocenters. The first-order chi connectivity index (χ1) is 12.3. The zero-order valence-electron chi connectivity index (χ0n) is 14.4. The molecule has 0 radical (unpaired) electrons. The van der Waals surface area contributed by atoms with Crippen LogP contribution in [0.15, 0.2) is 28.9 Å². The third-order valence-electron chi connectivity index (χ3n) is 4.28. The van der Waals surface area contributed by atoms with Crippen molar-refractivity contribution >= 4 is 5.91 Å². The Kier molecular flexibility index (Phi) is 6.08. The Labute approximate surface area is 146 Å². The van der Waals surface area contributed by atoms with Gasteiger partial charge in [-0.15, -0.1) is 10.2 Å². The van der Waals surface area contributed by atoms with Gasteiger partial charge in [0.05, 0.1) is 18.7 Å². The number of amides is 1. The van der Waals surface area contributed by atoms with Gasteiger partial charge in [-0.2, -0.15) is 0 Å². The van der Waals surface area contributed by atoms with Crippen LogP contribution in [0.5, 0.6) is 0 Å². The molecule has 0 aliphatic carbocycles. The number of nitrogens with zero attached hydrogens (tertiary/aromatic N) is 4. The zero-order valence-corrected chi connectivity index (χ0v) is 14.4. The van der Waals surface area contributed by atoms with Crippen molar-refractivity contribution < 1.29 is 13.9 Å². The highest BCUT2D eigenvalue weighted by Crippen LogP contribution is 2.28. The molecule has 1 amide bonds. The molecule has 0 aromatic carbocycles. The van der Waals surface area contributed by atoms with E-state index in [0.29, 0.717) is 31.5 Å². The molecule has 8 nitrogen and oxygen atoms in total. The molecule has 0 spiro atoms. The van der Waals surface area contributed by atoms with Gasteiger partial charge >= 0.3 is 0 Å². The van der Waals surface area contributed by atoms with Crippen molar-refractivity contribution in [2.24, 2.45) is 0 Å². The molecule has 0 bridgehead atoms. The second kappa shape index (κ2) is 8.68. The van der Waals surface area contributed by atoms with Crippen LogP contribution < -0.4 is 5.32 Å². The van der Waals surface area contributed by atoms with E-state index in [1.54, 1.807) is 19.5 Å². The minimum atomic E-state index is 0.0344. The van der Waals surface area contributed by atoms with E-state index in [0.717, 1.165) is 31.5 Å². The van der Waals surface area contributed by atoms with Crippen LogP contribution in [0.2, 0.25) is 0 Å².